The van der Waals surface area contributed by atoms with Gasteiger partial charge in [-0.05, 0) is 54.9 Å². The molecule has 1 fully saturated rings. The quantitative estimate of drug-likeness (QED) is 0.753. The Kier molecular flexibility index (Phi) is 3.80. The van der Waals surface area contributed by atoms with E-state index in [-0.39, 0.29) is 17.3 Å². The number of halogens is 3. The zero-order chi connectivity index (χ0) is 14.3. The number of hydrogen-bond donors (Lipinski definition) is 0. The van der Waals surface area contributed by atoms with Crippen molar-refractivity contribution in [2.24, 2.45) is 5.92 Å². The second-order valence-corrected chi connectivity index (χ2v) is 6.19. The Morgan fingerprint density at radius 1 is 1.20 bits per heavy atom. The molecule has 1 aromatic carbocycles. The molecule has 108 valence electrons. The summed E-state index contributed by atoms with van der Waals surface area (Å²) in [5.41, 5.74) is 1.57. The van der Waals surface area contributed by atoms with Gasteiger partial charge in [-0.3, -0.25) is 4.79 Å². The third kappa shape index (κ3) is 2.60. The van der Waals surface area contributed by atoms with Crippen molar-refractivity contribution in [3.8, 4) is 0 Å². The van der Waals surface area contributed by atoms with E-state index >= 15 is 0 Å². The van der Waals surface area contributed by atoms with Crippen molar-refractivity contribution in [3.05, 3.63) is 34.9 Å². The van der Waals surface area contributed by atoms with Gasteiger partial charge in [0.05, 0.1) is 5.33 Å². The lowest BCUT2D eigenvalue weighted by Crippen LogP contribution is -2.41. The number of alkyl halides is 1. The van der Waals surface area contributed by atoms with Crippen LogP contribution in [0.15, 0.2) is 12.1 Å². The number of aryl methyl sites for hydroxylation is 1. The molecule has 1 heterocycles. The highest BCUT2D eigenvalue weighted by Crippen LogP contribution is 2.40. The summed E-state index contributed by atoms with van der Waals surface area (Å²) in [7, 11) is 0. The zero-order valence-corrected chi connectivity index (χ0v) is 12.6. The first-order valence-electron chi connectivity index (χ1n) is 6.92. The normalized spacial score (nSPS) is 22.4. The molecular weight excluding hydrogens is 328 g/mol. The molecule has 1 unspecified atom stereocenters. The van der Waals surface area contributed by atoms with Crippen LogP contribution in [0.25, 0.3) is 0 Å². The van der Waals surface area contributed by atoms with Crippen LogP contribution in [0.2, 0.25) is 0 Å². The van der Waals surface area contributed by atoms with Crippen LogP contribution in [0.5, 0.6) is 0 Å². The van der Waals surface area contributed by atoms with Crippen molar-refractivity contribution in [3.63, 3.8) is 0 Å². The molecule has 1 saturated carbocycles. The smallest absolute Gasteiger partial charge is 0.233 e. The molecule has 2 aliphatic rings. The summed E-state index contributed by atoms with van der Waals surface area (Å²) >= 11 is 3.21. The zero-order valence-electron chi connectivity index (χ0n) is 11.0. The lowest BCUT2D eigenvalue weighted by molar-refractivity contribution is -0.131. The fraction of sp³-hybridized carbons (Fsp3) is 0.533. The van der Waals surface area contributed by atoms with Crippen LogP contribution >= 0.6 is 15.9 Å². The summed E-state index contributed by atoms with van der Waals surface area (Å²) < 4.78 is 26.8. The summed E-state index contributed by atoms with van der Waals surface area (Å²) in [6, 6.07) is 2.74. The van der Waals surface area contributed by atoms with E-state index in [4.69, 9.17) is 0 Å². The van der Waals surface area contributed by atoms with Crippen LogP contribution in [-0.2, 0) is 17.8 Å². The Hall–Kier alpha value is -0.970. The molecular formula is C15H16BrF2NO. The molecule has 0 N–H and O–H groups in total. The second kappa shape index (κ2) is 5.43. The van der Waals surface area contributed by atoms with Gasteiger partial charge in [0.25, 0.3) is 0 Å². The average molecular weight is 344 g/mol. The third-order valence-corrected chi connectivity index (χ3v) is 4.77. The summed E-state index contributed by atoms with van der Waals surface area (Å²) in [5, 5.41) is 0.273. The van der Waals surface area contributed by atoms with E-state index in [1.165, 1.54) is 12.1 Å². The van der Waals surface area contributed by atoms with E-state index < -0.39 is 11.6 Å². The van der Waals surface area contributed by atoms with E-state index in [1.54, 1.807) is 0 Å². The molecule has 1 atom stereocenters. The summed E-state index contributed by atoms with van der Waals surface area (Å²) in [6.07, 6.45) is 3.84. The van der Waals surface area contributed by atoms with Crippen molar-refractivity contribution >= 4 is 21.8 Å². The Bertz CT molecular complexity index is 545. The highest BCUT2D eigenvalue weighted by molar-refractivity contribution is 9.09. The molecule has 1 amide bonds. The molecule has 2 nitrogen and oxygen atoms in total. The minimum absolute atomic E-state index is 0.0273. The SMILES string of the molecule is O=C(CBr)N1Cc2cc(F)c(F)cc2CCC1C1CC1. The van der Waals surface area contributed by atoms with Gasteiger partial charge in [0.1, 0.15) is 0 Å². The monoisotopic (exact) mass is 343 g/mol. The van der Waals surface area contributed by atoms with Crippen LogP contribution in [0.3, 0.4) is 0 Å². The number of hydrogen-bond acceptors (Lipinski definition) is 1. The third-order valence-electron chi connectivity index (χ3n) is 4.29. The number of carbonyl (C=O) groups excluding carboxylic acids is 1. The highest BCUT2D eigenvalue weighted by Gasteiger charge is 2.38. The molecule has 0 aromatic heterocycles. The molecule has 0 saturated heterocycles. The van der Waals surface area contributed by atoms with Crippen LogP contribution in [0, 0.1) is 17.6 Å². The predicted molar refractivity (Wildman–Crippen MR) is 75.5 cm³/mol. The number of carbonyl (C=O) groups is 1. The number of nitrogens with zero attached hydrogens (tertiary/aromatic N) is 1. The molecule has 5 heteroatoms. The molecule has 3 rings (SSSR count). The minimum Gasteiger partial charge on any atom is -0.334 e. The first-order chi connectivity index (χ1) is 9.60. The first kappa shape index (κ1) is 14.0. The highest BCUT2D eigenvalue weighted by atomic mass is 79.9. The van der Waals surface area contributed by atoms with Crippen LogP contribution in [0.4, 0.5) is 8.78 Å². The lowest BCUT2D eigenvalue weighted by Gasteiger charge is -2.30. The maximum atomic E-state index is 13.4. The van der Waals surface area contributed by atoms with E-state index in [2.05, 4.69) is 15.9 Å². The largest absolute Gasteiger partial charge is 0.334 e. The summed E-state index contributed by atoms with van der Waals surface area (Å²) in [5.74, 6) is -1.05. The lowest BCUT2D eigenvalue weighted by atomic mass is 10.0. The molecule has 20 heavy (non-hydrogen) atoms. The van der Waals surface area contributed by atoms with E-state index in [0.717, 1.165) is 30.4 Å². The topological polar surface area (TPSA) is 20.3 Å². The standard InChI is InChI=1S/C15H16BrF2NO/c16-7-15(20)19-8-11-6-13(18)12(17)5-10(11)3-4-14(19)9-1-2-9/h5-6,9,14H,1-4,7-8H2. The maximum Gasteiger partial charge on any atom is 0.233 e. The van der Waals surface area contributed by atoms with Gasteiger partial charge in [0.15, 0.2) is 11.6 Å². The van der Waals surface area contributed by atoms with E-state index in [1.807, 2.05) is 4.90 Å². The van der Waals surface area contributed by atoms with Crippen LogP contribution in [-0.4, -0.2) is 22.2 Å². The summed E-state index contributed by atoms with van der Waals surface area (Å²) in [6.45, 7) is 0.387. The molecule has 0 radical (unpaired) electrons. The fourth-order valence-corrected chi connectivity index (χ4v) is 3.41. The fourth-order valence-electron chi connectivity index (χ4n) is 3.09. The average Bonchev–Trinajstić information content (AvgIpc) is 3.25. The number of amides is 1. The van der Waals surface area contributed by atoms with Crippen molar-refractivity contribution in [2.45, 2.75) is 38.3 Å². The molecule has 0 spiro atoms. The van der Waals surface area contributed by atoms with Crippen LogP contribution in [0.1, 0.15) is 30.4 Å². The van der Waals surface area contributed by atoms with Gasteiger partial charge < -0.3 is 4.90 Å². The van der Waals surface area contributed by atoms with Crippen molar-refractivity contribution < 1.29 is 13.6 Å². The molecule has 1 aliphatic carbocycles. The summed E-state index contributed by atoms with van der Waals surface area (Å²) in [4.78, 5) is 14.0. The van der Waals surface area contributed by atoms with Gasteiger partial charge in [-0.1, -0.05) is 15.9 Å². The van der Waals surface area contributed by atoms with E-state index in [0.29, 0.717) is 18.9 Å². The molecule has 0 bridgehead atoms. The van der Waals surface area contributed by atoms with Crippen molar-refractivity contribution in [2.75, 3.05) is 5.33 Å². The molecule has 1 aromatic rings. The number of rotatable bonds is 2. The number of fused-ring (bicyclic) bond motifs is 1. The maximum absolute atomic E-state index is 13.4. The van der Waals surface area contributed by atoms with Gasteiger partial charge in [-0.15, -0.1) is 0 Å². The van der Waals surface area contributed by atoms with Crippen molar-refractivity contribution in [1.29, 1.82) is 0 Å². The van der Waals surface area contributed by atoms with Crippen LogP contribution < -0.4 is 0 Å². The van der Waals surface area contributed by atoms with E-state index in [9.17, 15) is 13.6 Å². The first-order valence-corrected chi connectivity index (χ1v) is 8.04. The van der Waals surface area contributed by atoms with Gasteiger partial charge in [0.2, 0.25) is 5.91 Å². The Morgan fingerprint density at radius 3 is 2.45 bits per heavy atom. The van der Waals surface area contributed by atoms with Crippen molar-refractivity contribution in [1.82, 2.24) is 4.90 Å². The van der Waals surface area contributed by atoms with Gasteiger partial charge in [-0.25, -0.2) is 8.78 Å². The molecule has 1 aliphatic heterocycles. The Balaban J connectivity index is 1.94. The number of benzene rings is 1. The van der Waals surface area contributed by atoms with Gasteiger partial charge in [0, 0.05) is 12.6 Å². The Labute approximate surface area is 125 Å². The van der Waals surface area contributed by atoms with Gasteiger partial charge >= 0.3 is 0 Å². The predicted octanol–water partition coefficient (Wildman–Crippen LogP) is 3.41. The Morgan fingerprint density at radius 2 is 1.85 bits per heavy atom. The second-order valence-electron chi connectivity index (χ2n) is 5.63. The minimum atomic E-state index is -0.833. The van der Waals surface area contributed by atoms with Gasteiger partial charge in [-0.2, -0.15) is 0 Å².